The average Bonchev–Trinajstić information content (AvgIpc) is 3.34. The number of nitrogens with one attached hydrogen (secondary N) is 1. The van der Waals surface area contributed by atoms with Gasteiger partial charge in [0, 0.05) is 33.8 Å². The summed E-state index contributed by atoms with van der Waals surface area (Å²) >= 11 is 0. The van der Waals surface area contributed by atoms with E-state index in [2.05, 4.69) is 30.4 Å². The molecule has 1 amide bonds. The molecule has 0 aliphatic rings. The molecule has 5 nitrogen and oxygen atoms in total. The van der Waals surface area contributed by atoms with Crippen LogP contribution in [0.5, 0.6) is 11.5 Å². The van der Waals surface area contributed by atoms with Gasteiger partial charge in [-0.3, -0.25) is 4.79 Å². The van der Waals surface area contributed by atoms with Crippen molar-refractivity contribution in [2.75, 3.05) is 19.0 Å². The summed E-state index contributed by atoms with van der Waals surface area (Å²) in [6, 6.07) is 18.0. The monoisotopic (exact) mass is 497 g/mol. The molecule has 0 atom stereocenters. The molecule has 1 heterocycles. The fourth-order valence-electron chi connectivity index (χ4n) is 4.52. The second-order valence-electron chi connectivity index (χ2n) is 9.18. The maximum absolute atomic E-state index is 12.9. The summed E-state index contributed by atoms with van der Waals surface area (Å²) in [4.78, 5) is 12.9. The molecule has 192 valence electrons. The van der Waals surface area contributed by atoms with E-state index in [0.29, 0.717) is 6.61 Å². The third-order valence-corrected chi connectivity index (χ3v) is 6.55. The Morgan fingerprint density at radius 3 is 2.43 bits per heavy atom. The number of carbonyl (C=O) groups excluding carboxylic acids is 1. The fourth-order valence-corrected chi connectivity index (χ4v) is 4.52. The molecule has 4 aromatic rings. The number of carbonyl (C=O) groups is 1. The van der Waals surface area contributed by atoms with Crippen LogP contribution < -0.4 is 14.8 Å². The van der Waals surface area contributed by atoms with Gasteiger partial charge < -0.3 is 19.2 Å². The minimum atomic E-state index is -0.179. The highest BCUT2D eigenvalue weighted by Crippen LogP contribution is 2.41. The van der Waals surface area contributed by atoms with Gasteiger partial charge in [-0.05, 0) is 80.6 Å². The van der Waals surface area contributed by atoms with Crippen LogP contribution in [-0.4, -0.2) is 19.6 Å². The maximum atomic E-state index is 12.9. The molecule has 37 heavy (non-hydrogen) atoms. The summed E-state index contributed by atoms with van der Waals surface area (Å²) in [5.74, 6) is 1.35. The van der Waals surface area contributed by atoms with Gasteiger partial charge in [-0.25, -0.2) is 0 Å². The van der Waals surface area contributed by atoms with E-state index in [9.17, 15) is 4.79 Å². The SMILES string of the molecule is CCCCc1ccc(NC(=O)/C=C(\C)c2cc3c(-c4ccc(OC)cc4)coc3c(C)c2OCC)cc1. The number of aryl methyl sites for hydroxylation is 2. The summed E-state index contributed by atoms with van der Waals surface area (Å²) in [6.07, 6.45) is 6.78. The van der Waals surface area contributed by atoms with Crippen LogP contribution in [-0.2, 0) is 11.2 Å². The number of benzene rings is 3. The van der Waals surface area contributed by atoms with Gasteiger partial charge in [0.05, 0.1) is 20.0 Å². The van der Waals surface area contributed by atoms with E-state index in [1.807, 2.05) is 57.2 Å². The highest BCUT2D eigenvalue weighted by Gasteiger charge is 2.19. The smallest absolute Gasteiger partial charge is 0.248 e. The van der Waals surface area contributed by atoms with Gasteiger partial charge in [0.1, 0.15) is 17.1 Å². The van der Waals surface area contributed by atoms with Crippen LogP contribution in [0.3, 0.4) is 0 Å². The standard InChI is InChI=1S/C32H35NO4/c1-6-8-9-23-10-14-25(15-11-23)33-30(34)18-21(3)27-19-28-29(24-12-16-26(35-5)17-13-24)20-37-32(28)22(4)31(27)36-7-2/h10-20H,6-9H2,1-5H3,(H,33,34)/b21-18+. The van der Waals surface area contributed by atoms with Crippen LogP contribution in [0, 0.1) is 6.92 Å². The van der Waals surface area contributed by atoms with E-state index in [0.717, 1.165) is 75.2 Å². The van der Waals surface area contributed by atoms with Gasteiger partial charge in [0.25, 0.3) is 0 Å². The van der Waals surface area contributed by atoms with E-state index in [1.54, 1.807) is 19.4 Å². The number of anilines is 1. The molecule has 3 aromatic carbocycles. The molecule has 1 N–H and O–H groups in total. The quantitative estimate of drug-likeness (QED) is 0.224. The zero-order chi connectivity index (χ0) is 26.4. The highest BCUT2D eigenvalue weighted by atomic mass is 16.5. The first-order chi connectivity index (χ1) is 17.9. The number of ether oxygens (including phenoxy) is 2. The number of allylic oxidation sites excluding steroid dienone is 1. The van der Waals surface area contributed by atoms with Crippen molar-refractivity contribution in [3.63, 3.8) is 0 Å². The van der Waals surface area contributed by atoms with Crippen molar-refractivity contribution in [3.05, 3.63) is 83.6 Å². The lowest BCUT2D eigenvalue weighted by atomic mass is 9.96. The minimum absolute atomic E-state index is 0.179. The Morgan fingerprint density at radius 1 is 1.05 bits per heavy atom. The van der Waals surface area contributed by atoms with Crippen molar-refractivity contribution in [1.82, 2.24) is 0 Å². The Bertz CT molecular complexity index is 1400. The molecule has 0 saturated carbocycles. The van der Waals surface area contributed by atoms with Crippen LogP contribution in [0.4, 0.5) is 5.69 Å². The van der Waals surface area contributed by atoms with E-state index >= 15 is 0 Å². The summed E-state index contributed by atoms with van der Waals surface area (Å²) < 4.78 is 17.3. The first kappa shape index (κ1) is 26.1. The number of amides is 1. The Labute approximate surface area is 219 Å². The summed E-state index contributed by atoms with van der Waals surface area (Å²) in [5.41, 5.74) is 7.43. The number of hydrogen-bond donors (Lipinski definition) is 1. The van der Waals surface area contributed by atoms with E-state index in [-0.39, 0.29) is 5.91 Å². The molecule has 0 aliphatic heterocycles. The molecule has 1 aromatic heterocycles. The fraction of sp³-hybridized carbons (Fsp3) is 0.281. The van der Waals surface area contributed by atoms with Crippen molar-refractivity contribution in [2.45, 2.75) is 47.0 Å². The zero-order valence-electron chi connectivity index (χ0n) is 22.3. The molecule has 0 unspecified atom stereocenters. The van der Waals surface area contributed by atoms with Gasteiger partial charge >= 0.3 is 0 Å². The number of furan rings is 1. The molecule has 0 fully saturated rings. The summed E-state index contributed by atoms with van der Waals surface area (Å²) in [6.45, 7) is 8.57. The van der Waals surface area contributed by atoms with Crippen LogP contribution in [0.25, 0.3) is 27.7 Å². The van der Waals surface area contributed by atoms with Gasteiger partial charge in [0.15, 0.2) is 0 Å². The van der Waals surface area contributed by atoms with E-state index in [4.69, 9.17) is 13.9 Å². The third-order valence-electron chi connectivity index (χ3n) is 6.55. The largest absolute Gasteiger partial charge is 0.497 e. The molecule has 0 radical (unpaired) electrons. The second kappa shape index (κ2) is 11.8. The first-order valence-corrected chi connectivity index (χ1v) is 12.9. The van der Waals surface area contributed by atoms with Crippen molar-refractivity contribution in [2.24, 2.45) is 0 Å². The number of unbranched alkanes of at least 4 members (excludes halogenated alkanes) is 1. The molecular weight excluding hydrogens is 462 g/mol. The third kappa shape index (κ3) is 5.88. The lowest BCUT2D eigenvalue weighted by molar-refractivity contribution is -0.111. The second-order valence-corrected chi connectivity index (χ2v) is 9.18. The number of fused-ring (bicyclic) bond motifs is 1. The lowest BCUT2D eigenvalue weighted by Crippen LogP contribution is -2.09. The molecule has 0 spiro atoms. The lowest BCUT2D eigenvalue weighted by Gasteiger charge is -2.15. The van der Waals surface area contributed by atoms with Crippen molar-refractivity contribution >= 4 is 28.1 Å². The Kier molecular flexibility index (Phi) is 8.34. The van der Waals surface area contributed by atoms with Crippen LogP contribution in [0.2, 0.25) is 0 Å². The highest BCUT2D eigenvalue weighted by molar-refractivity contribution is 6.06. The summed E-state index contributed by atoms with van der Waals surface area (Å²) in [5, 5.41) is 3.96. The van der Waals surface area contributed by atoms with Gasteiger partial charge in [-0.1, -0.05) is 37.6 Å². The minimum Gasteiger partial charge on any atom is -0.497 e. The van der Waals surface area contributed by atoms with E-state index in [1.165, 1.54) is 5.56 Å². The molecule has 0 saturated heterocycles. The number of rotatable bonds is 10. The number of methoxy groups -OCH3 is 1. The van der Waals surface area contributed by atoms with Crippen molar-refractivity contribution < 1.29 is 18.7 Å². The predicted molar refractivity (Wildman–Crippen MR) is 151 cm³/mol. The molecular formula is C32H35NO4. The average molecular weight is 498 g/mol. The Morgan fingerprint density at radius 2 is 1.78 bits per heavy atom. The van der Waals surface area contributed by atoms with Crippen LogP contribution in [0.15, 0.2) is 71.4 Å². The summed E-state index contributed by atoms with van der Waals surface area (Å²) in [7, 11) is 1.65. The molecule has 5 heteroatoms. The number of hydrogen-bond acceptors (Lipinski definition) is 4. The van der Waals surface area contributed by atoms with Gasteiger partial charge in [0.2, 0.25) is 5.91 Å². The normalized spacial score (nSPS) is 11.5. The Balaban J connectivity index is 1.66. The van der Waals surface area contributed by atoms with Gasteiger partial charge in [-0.15, -0.1) is 0 Å². The van der Waals surface area contributed by atoms with Gasteiger partial charge in [-0.2, -0.15) is 0 Å². The Hall–Kier alpha value is -3.99. The first-order valence-electron chi connectivity index (χ1n) is 12.9. The topological polar surface area (TPSA) is 60.7 Å². The molecule has 4 rings (SSSR count). The van der Waals surface area contributed by atoms with Crippen LogP contribution >= 0.6 is 0 Å². The van der Waals surface area contributed by atoms with E-state index < -0.39 is 0 Å². The van der Waals surface area contributed by atoms with Crippen LogP contribution in [0.1, 0.15) is 50.3 Å². The predicted octanol–water partition coefficient (Wildman–Crippen LogP) is 8.20. The van der Waals surface area contributed by atoms with Crippen molar-refractivity contribution in [3.8, 4) is 22.6 Å². The molecule has 0 bridgehead atoms. The molecule has 0 aliphatic carbocycles. The van der Waals surface area contributed by atoms with Crippen molar-refractivity contribution in [1.29, 1.82) is 0 Å². The maximum Gasteiger partial charge on any atom is 0.248 e. The zero-order valence-corrected chi connectivity index (χ0v) is 22.3.